The first-order chi connectivity index (χ1) is 13.5. The highest BCUT2D eigenvalue weighted by molar-refractivity contribution is 6.07. The Morgan fingerprint density at radius 3 is 2.71 bits per heavy atom. The number of H-pyrrole nitrogens is 1. The minimum Gasteiger partial charge on any atom is -0.462 e. The number of ether oxygens (including phenoxy) is 2. The van der Waals surface area contributed by atoms with Gasteiger partial charge in [0.05, 0.1) is 18.8 Å². The smallest absolute Gasteiger partial charge is 0.340 e. The van der Waals surface area contributed by atoms with Crippen molar-refractivity contribution in [2.75, 3.05) is 25.6 Å². The number of aromatic amines is 1. The van der Waals surface area contributed by atoms with Gasteiger partial charge in [0.1, 0.15) is 5.69 Å². The molecule has 1 amide bonds. The van der Waals surface area contributed by atoms with Gasteiger partial charge in [-0.05, 0) is 50.6 Å². The summed E-state index contributed by atoms with van der Waals surface area (Å²) in [6, 6.07) is 7.76. The van der Waals surface area contributed by atoms with Crippen molar-refractivity contribution in [2.45, 2.75) is 27.3 Å². The Bertz CT molecular complexity index is 1020. The largest absolute Gasteiger partial charge is 0.462 e. The predicted octanol–water partition coefficient (Wildman–Crippen LogP) is 3.66. The fraction of sp³-hybridized carbons (Fsp3) is 0.333. The summed E-state index contributed by atoms with van der Waals surface area (Å²) in [5.74, 6) is -0.721. The highest BCUT2D eigenvalue weighted by atomic mass is 16.5. The molecule has 148 valence electrons. The summed E-state index contributed by atoms with van der Waals surface area (Å²) >= 11 is 0. The molecule has 3 aromatic rings. The van der Waals surface area contributed by atoms with Crippen LogP contribution < -0.4 is 5.32 Å². The first-order valence-corrected chi connectivity index (χ1v) is 9.21. The van der Waals surface area contributed by atoms with Gasteiger partial charge >= 0.3 is 5.97 Å². The SMILES string of the molecule is CCOC(=O)c1c(C)[nH]c(C(=O)Nc2ccc3c(ccn3CCOC)c2)c1C. The molecule has 0 atom stereocenters. The number of hydrogen-bond acceptors (Lipinski definition) is 4. The lowest BCUT2D eigenvalue weighted by atomic mass is 10.1. The number of carbonyl (C=O) groups excluding carboxylic acids is 2. The first-order valence-electron chi connectivity index (χ1n) is 9.21. The lowest BCUT2D eigenvalue weighted by Gasteiger charge is -2.07. The van der Waals surface area contributed by atoms with E-state index in [2.05, 4.69) is 14.9 Å². The Kier molecular flexibility index (Phi) is 5.84. The third-order valence-electron chi connectivity index (χ3n) is 4.71. The van der Waals surface area contributed by atoms with E-state index in [1.165, 1.54) is 0 Å². The summed E-state index contributed by atoms with van der Waals surface area (Å²) in [6.45, 7) is 6.93. The fourth-order valence-electron chi connectivity index (χ4n) is 3.34. The van der Waals surface area contributed by atoms with Crippen LogP contribution in [-0.2, 0) is 16.0 Å². The van der Waals surface area contributed by atoms with Gasteiger partial charge in [-0.1, -0.05) is 0 Å². The van der Waals surface area contributed by atoms with Crippen LogP contribution in [0.4, 0.5) is 5.69 Å². The highest BCUT2D eigenvalue weighted by Crippen LogP contribution is 2.23. The molecule has 1 aromatic carbocycles. The average molecular weight is 383 g/mol. The number of esters is 1. The van der Waals surface area contributed by atoms with Crippen LogP contribution >= 0.6 is 0 Å². The molecule has 0 aliphatic heterocycles. The van der Waals surface area contributed by atoms with Gasteiger partial charge in [-0.2, -0.15) is 0 Å². The van der Waals surface area contributed by atoms with Crippen molar-refractivity contribution >= 4 is 28.5 Å². The molecule has 3 rings (SSSR count). The lowest BCUT2D eigenvalue weighted by Crippen LogP contribution is -2.14. The zero-order chi connectivity index (χ0) is 20.3. The molecule has 2 N–H and O–H groups in total. The van der Waals surface area contributed by atoms with Crippen LogP contribution in [0.15, 0.2) is 30.5 Å². The topological polar surface area (TPSA) is 85.4 Å². The summed E-state index contributed by atoms with van der Waals surface area (Å²) in [5, 5.41) is 3.93. The molecule has 7 heteroatoms. The Balaban J connectivity index is 1.81. The Labute approximate surface area is 163 Å². The summed E-state index contributed by atoms with van der Waals surface area (Å²) in [4.78, 5) is 27.9. The van der Waals surface area contributed by atoms with Crippen molar-refractivity contribution < 1.29 is 19.1 Å². The Hall–Kier alpha value is -3.06. The molecule has 0 aliphatic rings. The molecule has 0 spiro atoms. The molecule has 0 aliphatic carbocycles. The normalized spacial score (nSPS) is 11.0. The molecular weight excluding hydrogens is 358 g/mol. The second-order valence-electron chi connectivity index (χ2n) is 6.58. The molecule has 0 bridgehead atoms. The number of aromatic nitrogens is 2. The van der Waals surface area contributed by atoms with Crippen LogP contribution in [0.1, 0.15) is 39.0 Å². The number of hydrogen-bond donors (Lipinski definition) is 2. The van der Waals surface area contributed by atoms with Crippen molar-refractivity contribution in [1.29, 1.82) is 0 Å². The van der Waals surface area contributed by atoms with Gasteiger partial charge in [0, 0.05) is 42.1 Å². The molecule has 0 radical (unpaired) electrons. The van der Waals surface area contributed by atoms with E-state index in [0.29, 0.717) is 34.8 Å². The van der Waals surface area contributed by atoms with Crippen molar-refractivity contribution in [3.8, 4) is 0 Å². The van der Waals surface area contributed by atoms with E-state index >= 15 is 0 Å². The lowest BCUT2D eigenvalue weighted by molar-refractivity contribution is 0.0525. The zero-order valence-electron chi connectivity index (χ0n) is 16.6. The van der Waals surface area contributed by atoms with Crippen LogP contribution in [0.5, 0.6) is 0 Å². The molecule has 0 saturated carbocycles. The van der Waals surface area contributed by atoms with Gasteiger partial charge in [0.15, 0.2) is 0 Å². The Morgan fingerprint density at radius 1 is 1.21 bits per heavy atom. The number of nitrogens with zero attached hydrogens (tertiary/aromatic N) is 1. The third-order valence-corrected chi connectivity index (χ3v) is 4.71. The predicted molar refractivity (Wildman–Crippen MR) is 108 cm³/mol. The van der Waals surface area contributed by atoms with Gasteiger partial charge in [-0.15, -0.1) is 0 Å². The van der Waals surface area contributed by atoms with Crippen LogP contribution in [0.25, 0.3) is 10.9 Å². The van der Waals surface area contributed by atoms with Crippen LogP contribution in [0.3, 0.4) is 0 Å². The molecule has 7 nitrogen and oxygen atoms in total. The fourth-order valence-corrected chi connectivity index (χ4v) is 3.34. The number of benzene rings is 1. The van der Waals surface area contributed by atoms with Gasteiger partial charge in [-0.3, -0.25) is 4.79 Å². The van der Waals surface area contributed by atoms with E-state index in [9.17, 15) is 9.59 Å². The van der Waals surface area contributed by atoms with Crippen molar-refractivity contribution in [1.82, 2.24) is 9.55 Å². The quantitative estimate of drug-likeness (QED) is 0.610. The Morgan fingerprint density at radius 2 is 2.00 bits per heavy atom. The summed E-state index contributed by atoms with van der Waals surface area (Å²) in [5.41, 5.74) is 3.74. The third kappa shape index (κ3) is 3.80. The van der Waals surface area contributed by atoms with E-state index in [1.807, 2.05) is 30.5 Å². The maximum absolute atomic E-state index is 12.7. The van der Waals surface area contributed by atoms with Crippen LogP contribution in [0, 0.1) is 13.8 Å². The molecule has 28 heavy (non-hydrogen) atoms. The molecule has 2 heterocycles. The summed E-state index contributed by atoms with van der Waals surface area (Å²) in [6.07, 6.45) is 2.00. The number of amides is 1. The van der Waals surface area contributed by atoms with E-state index in [4.69, 9.17) is 9.47 Å². The number of nitrogens with one attached hydrogen (secondary N) is 2. The number of methoxy groups -OCH3 is 1. The first kappa shape index (κ1) is 19.7. The molecular formula is C21H25N3O4. The van der Waals surface area contributed by atoms with Crippen molar-refractivity contribution in [3.05, 3.63) is 53.0 Å². The van der Waals surface area contributed by atoms with E-state index in [0.717, 1.165) is 17.4 Å². The highest BCUT2D eigenvalue weighted by Gasteiger charge is 2.23. The van der Waals surface area contributed by atoms with Crippen LogP contribution in [-0.4, -0.2) is 41.8 Å². The average Bonchev–Trinajstić information content (AvgIpc) is 3.20. The minimum absolute atomic E-state index is 0.286. The number of carbonyl (C=O) groups is 2. The van der Waals surface area contributed by atoms with Gasteiger partial charge in [0.25, 0.3) is 5.91 Å². The molecule has 0 saturated heterocycles. The summed E-state index contributed by atoms with van der Waals surface area (Å²) in [7, 11) is 1.68. The van der Waals surface area contributed by atoms with Gasteiger partial charge in [-0.25, -0.2) is 4.79 Å². The van der Waals surface area contributed by atoms with Crippen LogP contribution in [0.2, 0.25) is 0 Å². The number of aryl methyl sites for hydroxylation is 1. The number of rotatable bonds is 7. The molecule has 0 unspecified atom stereocenters. The van der Waals surface area contributed by atoms with E-state index < -0.39 is 5.97 Å². The van der Waals surface area contributed by atoms with E-state index in [-0.39, 0.29) is 12.5 Å². The maximum atomic E-state index is 12.7. The minimum atomic E-state index is -0.424. The number of fused-ring (bicyclic) bond motifs is 1. The van der Waals surface area contributed by atoms with Gasteiger partial charge < -0.3 is 24.3 Å². The maximum Gasteiger partial charge on any atom is 0.340 e. The zero-order valence-corrected chi connectivity index (χ0v) is 16.6. The van der Waals surface area contributed by atoms with Crippen molar-refractivity contribution in [3.63, 3.8) is 0 Å². The molecule has 2 aromatic heterocycles. The second kappa shape index (κ2) is 8.31. The number of anilines is 1. The summed E-state index contributed by atoms with van der Waals surface area (Å²) < 4.78 is 12.3. The molecule has 0 fully saturated rings. The second-order valence-corrected chi connectivity index (χ2v) is 6.58. The van der Waals surface area contributed by atoms with Crippen molar-refractivity contribution in [2.24, 2.45) is 0 Å². The van der Waals surface area contributed by atoms with Gasteiger partial charge in [0.2, 0.25) is 0 Å². The van der Waals surface area contributed by atoms with E-state index in [1.54, 1.807) is 27.9 Å². The monoisotopic (exact) mass is 383 g/mol. The standard InChI is InChI=1S/C21H25N3O4/c1-5-28-21(26)18-13(2)19(22-14(18)3)20(25)23-16-6-7-17-15(12-16)8-9-24(17)10-11-27-4/h6-9,12,22H,5,10-11H2,1-4H3,(H,23,25).